The van der Waals surface area contributed by atoms with Gasteiger partial charge >= 0.3 is 0 Å². The molecule has 2 aromatic rings. The van der Waals surface area contributed by atoms with Crippen molar-refractivity contribution in [1.82, 2.24) is 4.90 Å². The molecule has 2 amide bonds. The van der Waals surface area contributed by atoms with E-state index >= 15 is 0 Å². The minimum atomic E-state index is -0.686. The lowest BCUT2D eigenvalue weighted by Gasteiger charge is -2.13. The molecule has 0 saturated carbocycles. The van der Waals surface area contributed by atoms with Gasteiger partial charge in [-0.05, 0) is 18.2 Å². The number of nitro groups is 2. The van der Waals surface area contributed by atoms with Crippen molar-refractivity contribution in [3.05, 3.63) is 73.8 Å². The number of carbonyl (C=O) groups excluding carboxylic acids is 2. The van der Waals surface area contributed by atoms with Gasteiger partial charge in [-0.1, -0.05) is 12.1 Å². The van der Waals surface area contributed by atoms with Gasteiger partial charge in [0.25, 0.3) is 23.2 Å². The van der Waals surface area contributed by atoms with Crippen LogP contribution < -0.4 is 5.32 Å². The van der Waals surface area contributed by atoms with Crippen LogP contribution in [0.2, 0.25) is 0 Å². The highest BCUT2D eigenvalue weighted by Crippen LogP contribution is 2.28. The molecule has 1 aliphatic rings. The molecule has 0 radical (unpaired) electrons. The first-order valence-electron chi connectivity index (χ1n) is 18.3. The van der Waals surface area contributed by atoms with Crippen LogP contribution in [0.5, 0.6) is 0 Å². The van der Waals surface area contributed by atoms with Gasteiger partial charge in [-0.3, -0.25) is 34.7 Å². The number of nitrogens with one attached hydrogen (secondary N) is 1. The molecule has 20 nitrogen and oxygen atoms in total. The summed E-state index contributed by atoms with van der Waals surface area (Å²) in [5, 5.41) is 24.8. The summed E-state index contributed by atoms with van der Waals surface area (Å²) in [5.41, 5.74) is 0.314. The highest BCUT2D eigenvalue weighted by Gasteiger charge is 2.34. The molecule has 2 aromatic carbocycles. The van der Waals surface area contributed by atoms with Crippen LogP contribution in [0.3, 0.4) is 0 Å². The summed E-state index contributed by atoms with van der Waals surface area (Å²) < 4.78 is 54.6. The molecule has 56 heavy (non-hydrogen) atoms. The molecule has 0 bridgehead atoms. The zero-order valence-electron chi connectivity index (χ0n) is 31.5. The standard InChI is InChI=1S/C36H52N4O16/c41-35-31-3-1-2-4-32(31)36(42)38(35)8-10-48-12-14-50-16-18-52-20-22-54-24-26-56-28-27-55-25-23-53-21-19-51-17-15-49-13-11-47-9-7-37-33-6-5-30(39(43)44)29-34(33)40(45)46/h1-6,29,37H,7-28H2. The number of hydrogen-bond acceptors (Lipinski definition) is 17. The van der Waals surface area contributed by atoms with Gasteiger partial charge in [0.1, 0.15) is 5.69 Å². The Labute approximate surface area is 324 Å². The van der Waals surface area contributed by atoms with Crippen LogP contribution in [0.15, 0.2) is 42.5 Å². The second-order valence-corrected chi connectivity index (χ2v) is 11.6. The molecular formula is C36H52N4O16. The summed E-state index contributed by atoms with van der Waals surface area (Å²) in [6.07, 6.45) is 0. The first-order chi connectivity index (χ1) is 27.4. The zero-order chi connectivity index (χ0) is 40.1. The van der Waals surface area contributed by atoms with Gasteiger partial charge in [-0.25, -0.2) is 0 Å². The number of fused-ring (bicyclic) bond motifs is 1. The maximum Gasteiger partial charge on any atom is 0.299 e. The summed E-state index contributed by atoms with van der Waals surface area (Å²) in [7, 11) is 0. The van der Waals surface area contributed by atoms with E-state index in [1.165, 1.54) is 17.0 Å². The number of hydrogen-bond donors (Lipinski definition) is 1. The molecule has 0 aromatic heterocycles. The van der Waals surface area contributed by atoms with E-state index in [1.807, 2.05) is 0 Å². The molecule has 0 spiro atoms. The lowest BCUT2D eigenvalue weighted by Crippen LogP contribution is -2.33. The molecular weight excluding hydrogens is 744 g/mol. The number of nitro benzene ring substituents is 2. The van der Waals surface area contributed by atoms with Gasteiger partial charge in [-0.15, -0.1) is 0 Å². The summed E-state index contributed by atoms with van der Waals surface area (Å²) in [5.74, 6) is -0.581. The van der Waals surface area contributed by atoms with Crippen LogP contribution in [-0.2, 0) is 47.4 Å². The average molecular weight is 797 g/mol. The predicted octanol–water partition coefficient (Wildman–Crippen LogP) is 2.38. The Morgan fingerprint density at radius 2 is 0.839 bits per heavy atom. The summed E-state index contributed by atoms with van der Waals surface area (Å²) >= 11 is 0. The number of ether oxygens (including phenoxy) is 10. The number of benzene rings is 2. The number of imide groups is 1. The Bertz CT molecular complexity index is 1420. The summed E-state index contributed by atoms with van der Waals surface area (Å²) in [4.78, 5) is 46.4. The van der Waals surface area contributed by atoms with Crippen LogP contribution in [0.25, 0.3) is 0 Å². The van der Waals surface area contributed by atoms with Crippen molar-refractivity contribution < 1.29 is 66.8 Å². The third-order valence-corrected chi connectivity index (χ3v) is 7.64. The number of rotatable bonds is 36. The van der Waals surface area contributed by atoms with Crippen molar-refractivity contribution in [3.8, 4) is 0 Å². The Kier molecular flexibility index (Phi) is 24.0. The lowest BCUT2D eigenvalue weighted by molar-refractivity contribution is -0.393. The van der Waals surface area contributed by atoms with Crippen molar-refractivity contribution in [3.63, 3.8) is 0 Å². The average Bonchev–Trinajstić information content (AvgIpc) is 3.44. The second-order valence-electron chi connectivity index (χ2n) is 11.6. The lowest BCUT2D eigenvalue weighted by atomic mass is 10.1. The molecule has 20 heteroatoms. The first kappa shape index (κ1) is 46.2. The fraction of sp³-hybridized carbons (Fsp3) is 0.611. The van der Waals surface area contributed by atoms with E-state index in [1.54, 1.807) is 24.3 Å². The number of carbonyl (C=O) groups is 2. The van der Waals surface area contributed by atoms with Crippen LogP contribution in [0, 0.1) is 20.2 Å². The predicted molar refractivity (Wildman–Crippen MR) is 198 cm³/mol. The minimum absolute atomic E-state index is 0.179. The molecule has 0 aliphatic carbocycles. The van der Waals surface area contributed by atoms with E-state index in [2.05, 4.69) is 5.32 Å². The van der Waals surface area contributed by atoms with Crippen molar-refractivity contribution in [1.29, 1.82) is 0 Å². The Hall–Kier alpha value is -4.22. The monoisotopic (exact) mass is 796 g/mol. The highest BCUT2D eigenvalue weighted by atomic mass is 16.6. The fourth-order valence-corrected chi connectivity index (χ4v) is 4.87. The van der Waals surface area contributed by atoms with Gasteiger partial charge in [0.15, 0.2) is 0 Å². The van der Waals surface area contributed by atoms with Crippen molar-refractivity contribution in [2.45, 2.75) is 0 Å². The smallest absolute Gasteiger partial charge is 0.299 e. The molecule has 0 saturated heterocycles. The maximum atomic E-state index is 12.3. The molecule has 0 unspecified atom stereocenters. The van der Waals surface area contributed by atoms with E-state index < -0.39 is 9.85 Å². The topological polar surface area (TPSA) is 228 Å². The third kappa shape index (κ3) is 18.6. The van der Waals surface area contributed by atoms with Gasteiger partial charge in [0.05, 0.1) is 166 Å². The first-order valence-corrected chi connectivity index (χ1v) is 18.3. The third-order valence-electron chi connectivity index (χ3n) is 7.64. The van der Waals surface area contributed by atoms with E-state index in [4.69, 9.17) is 47.4 Å². The molecule has 3 rings (SSSR count). The highest BCUT2D eigenvalue weighted by molar-refractivity contribution is 6.21. The van der Waals surface area contributed by atoms with Gasteiger partial charge in [-0.2, -0.15) is 0 Å². The number of amides is 2. The van der Waals surface area contributed by atoms with Crippen molar-refractivity contribution >= 4 is 28.9 Å². The fourth-order valence-electron chi connectivity index (χ4n) is 4.87. The Morgan fingerprint density at radius 3 is 1.20 bits per heavy atom. The summed E-state index contributed by atoms with van der Waals surface area (Å²) in [6, 6.07) is 10.2. The van der Waals surface area contributed by atoms with Crippen LogP contribution in [0.1, 0.15) is 20.7 Å². The van der Waals surface area contributed by atoms with Gasteiger partial charge in [0.2, 0.25) is 0 Å². The maximum absolute atomic E-state index is 12.3. The van der Waals surface area contributed by atoms with E-state index in [9.17, 15) is 29.8 Å². The Balaban J connectivity index is 0.945. The number of nitrogens with zero attached hydrogens (tertiary/aromatic N) is 3. The number of anilines is 1. The normalized spacial score (nSPS) is 12.4. The summed E-state index contributed by atoms with van der Waals surface area (Å²) in [6.45, 7) is 8.42. The van der Waals surface area contributed by atoms with Gasteiger partial charge < -0.3 is 52.7 Å². The minimum Gasteiger partial charge on any atom is -0.377 e. The Morgan fingerprint density at radius 1 is 0.482 bits per heavy atom. The van der Waals surface area contributed by atoms with Crippen molar-refractivity contribution in [2.75, 3.05) is 151 Å². The molecule has 1 N–H and O–H groups in total. The molecule has 1 heterocycles. The van der Waals surface area contributed by atoms with Crippen molar-refractivity contribution in [2.24, 2.45) is 0 Å². The SMILES string of the molecule is O=C1c2ccccc2C(=O)N1CCOCCOCCOCCOCCOCCOCCOCCOCCOCCOCCNc1ccc([N+](=O)[O-])cc1[N+](=O)[O-]. The molecule has 0 atom stereocenters. The molecule has 0 fully saturated rings. The van der Waals surface area contributed by atoms with Gasteiger partial charge in [0, 0.05) is 12.6 Å². The molecule has 1 aliphatic heterocycles. The zero-order valence-corrected chi connectivity index (χ0v) is 31.5. The largest absolute Gasteiger partial charge is 0.377 e. The second kappa shape index (κ2) is 29.1. The van der Waals surface area contributed by atoms with E-state index in [0.717, 1.165) is 6.07 Å². The quantitative estimate of drug-likeness (QED) is 0.0452. The van der Waals surface area contributed by atoms with Crippen LogP contribution in [0.4, 0.5) is 17.1 Å². The molecule has 312 valence electrons. The number of non-ortho nitro benzene ring substituents is 1. The van der Waals surface area contributed by atoms with Crippen LogP contribution >= 0.6 is 0 Å². The van der Waals surface area contributed by atoms with E-state index in [-0.39, 0.29) is 55.2 Å². The van der Waals surface area contributed by atoms with Crippen LogP contribution in [-0.4, -0.2) is 172 Å². The van der Waals surface area contributed by atoms with E-state index in [0.29, 0.717) is 130 Å².